The van der Waals surface area contributed by atoms with Crippen molar-refractivity contribution in [2.75, 3.05) is 11.4 Å². The number of hydrogen-bond acceptors (Lipinski definition) is 6. The molecule has 0 aliphatic carbocycles. The molecule has 3 N–H and O–H groups in total. The van der Waals surface area contributed by atoms with Crippen molar-refractivity contribution in [3.63, 3.8) is 0 Å². The van der Waals surface area contributed by atoms with Crippen LogP contribution in [0.3, 0.4) is 0 Å². The number of alkyl halides is 3. The number of benzene rings is 1. The van der Waals surface area contributed by atoms with E-state index in [2.05, 4.69) is 4.98 Å². The van der Waals surface area contributed by atoms with Crippen LogP contribution in [0.4, 0.5) is 23.7 Å². The van der Waals surface area contributed by atoms with Gasteiger partial charge in [0.05, 0.1) is 10.6 Å². The van der Waals surface area contributed by atoms with Gasteiger partial charge >= 0.3 is 11.5 Å². The third-order valence-corrected chi connectivity index (χ3v) is 5.72. The van der Waals surface area contributed by atoms with Crippen LogP contribution < -0.4 is 10.6 Å². The highest BCUT2D eigenvalue weighted by Crippen LogP contribution is 2.32. The molecule has 1 aliphatic rings. The zero-order valence-corrected chi connectivity index (χ0v) is 15.9. The Morgan fingerprint density at radius 2 is 1.80 bits per heavy atom. The molecule has 1 saturated heterocycles. The third-order valence-electron chi connectivity index (χ3n) is 4.22. The van der Waals surface area contributed by atoms with Crippen molar-refractivity contribution in [3.8, 4) is 0 Å². The first kappa shape index (κ1) is 21.2. The van der Waals surface area contributed by atoms with E-state index in [1.54, 1.807) is 6.07 Å². The standard InChI is InChI=1S/C17H14F3N5O4S/c18-17(19,20)30(28,29)12-3-1-11(2-4-12)25-14(26)9-24(16(25)27)8-10-5-6-23-13(7-10)15(21)22/h1-7H,8-9H2,(H3,21,22). The predicted molar refractivity (Wildman–Crippen MR) is 98.2 cm³/mol. The van der Waals surface area contributed by atoms with E-state index in [1.807, 2.05) is 0 Å². The minimum atomic E-state index is -5.54. The van der Waals surface area contributed by atoms with Crippen LogP contribution in [-0.2, 0) is 21.2 Å². The highest BCUT2D eigenvalue weighted by atomic mass is 32.2. The number of nitrogens with two attached hydrogens (primary N) is 1. The Labute approximate surface area is 168 Å². The number of nitrogen functional groups attached to an aromatic ring is 1. The van der Waals surface area contributed by atoms with Gasteiger partial charge in [-0.1, -0.05) is 0 Å². The van der Waals surface area contributed by atoms with Crippen LogP contribution in [0.1, 0.15) is 11.3 Å². The second-order valence-electron chi connectivity index (χ2n) is 6.27. The maximum Gasteiger partial charge on any atom is 0.501 e. The van der Waals surface area contributed by atoms with Crippen LogP contribution >= 0.6 is 0 Å². The summed E-state index contributed by atoms with van der Waals surface area (Å²) < 4.78 is 60.8. The summed E-state index contributed by atoms with van der Waals surface area (Å²) in [6.45, 7) is -0.288. The number of pyridine rings is 1. The molecule has 1 aromatic carbocycles. The Balaban J connectivity index is 1.81. The normalized spacial score (nSPS) is 15.0. The zero-order chi connectivity index (χ0) is 22.3. The molecule has 1 aromatic heterocycles. The maximum absolute atomic E-state index is 12.6. The number of carbonyl (C=O) groups is 2. The Morgan fingerprint density at radius 3 is 2.37 bits per heavy atom. The molecule has 0 atom stereocenters. The van der Waals surface area contributed by atoms with Crippen molar-refractivity contribution in [2.24, 2.45) is 5.73 Å². The van der Waals surface area contributed by atoms with Crippen LogP contribution in [0.25, 0.3) is 0 Å². The van der Waals surface area contributed by atoms with Crippen molar-refractivity contribution in [2.45, 2.75) is 16.9 Å². The fraction of sp³-hybridized carbons (Fsp3) is 0.176. The molecule has 9 nitrogen and oxygen atoms in total. The first-order valence-electron chi connectivity index (χ1n) is 8.24. The lowest BCUT2D eigenvalue weighted by Gasteiger charge is -2.18. The minimum absolute atomic E-state index is 0.00437. The summed E-state index contributed by atoms with van der Waals surface area (Å²) in [4.78, 5) is 29.8. The number of nitrogens with zero attached hydrogens (tertiary/aromatic N) is 3. The molecular weight excluding hydrogens is 427 g/mol. The highest BCUT2D eigenvalue weighted by Gasteiger charge is 2.47. The molecule has 158 valence electrons. The number of sulfone groups is 1. The van der Waals surface area contributed by atoms with Gasteiger partial charge in [-0.2, -0.15) is 13.2 Å². The summed E-state index contributed by atoms with van der Waals surface area (Å²) in [6, 6.07) is 5.61. The van der Waals surface area contributed by atoms with Gasteiger partial charge in [-0.25, -0.2) is 18.1 Å². The second-order valence-corrected chi connectivity index (χ2v) is 8.22. The molecule has 0 saturated carbocycles. The largest absolute Gasteiger partial charge is 0.501 e. The van der Waals surface area contributed by atoms with Gasteiger partial charge in [-0.05, 0) is 42.0 Å². The van der Waals surface area contributed by atoms with Crippen molar-refractivity contribution < 1.29 is 31.2 Å². The Bertz CT molecular complexity index is 1130. The highest BCUT2D eigenvalue weighted by molar-refractivity contribution is 7.92. The summed E-state index contributed by atoms with van der Waals surface area (Å²) in [5.41, 5.74) is 0.604. The average molecular weight is 441 g/mol. The van der Waals surface area contributed by atoms with E-state index in [9.17, 15) is 31.2 Å². The molecule has 1 fully saturated rings. The van der Waals surface area contributed by atoms with Crippen LogP contribution in [0.2, 0.25) is 0 Å². The number of rotatable bonds is 5. The van der Waals surface area contributed by atoms with Crippen molar-refractivity contribution in [1.29, 1.82) is 5.41 Å². The zero-order valence-electron chi connectivity index (χ0n) is 15.0. The number of nitrogens with one attached hydrogen (secondary N) is 1. The van der Waals surface area contributed by atoms with E-state index >= 15 is 0 Å². The van der Waals surface area contributed by atoms with E-state index in [0.29, 0.717) is 17.7 Å². The molecule has 3 amide bonds. The fourth-order valence-corrected chi connectivity index (χ4v) is 3.54. The number of aromatic nitrogens is 1. The van der Waals surface area contributed by atoms with Crippen LogP contribution in [0.15, 0.2) is 47.5 Å². The van der Waals surface area contributed by atoms with Gasteiger partial charge in [-0.3, -0.25) is 15.2 Å². The minimum Gasteiger partial charge on any atom is -0.382 e. The number of urea groups is 1. The van der Waals surface area contributed by atoms with E-state index in [1.165, 1.54) is 17.2 Å². The number of amides is 3. The lowest BCUT2D eigenvalue weighted by atomic mass is 10.2. The van der Waals surface area contributed by atoms with Gasteiger partial charge in [0.25, 0.3) is 15.7 Å². The summed E-state index contributed by atoms with van der Waals surface area (Å²) in [6.07, 6.45) is 1.39. The molecule has 0 radical (unpaired) electrons. The molecule has 3 rings (SSSR count). The molecule has 1 aliphatic heterocycles. The number of carbonyl (C=O) groups excluding carboxylic acids is 2. The van der Waals surface area contributed by atoms with Crippen LogP contribution in [0, 0.1) is 5.41 Å². The quantitative estimate of drug-likeness (QED) is 0.411. The topological polar surface area (TPSA) is 138 Å². The van der Waals surface area contributed by atoms with E-state index in [0.717, 1.165) is 17.0 Å². The molecule has 0 bridgehead atoms. The van der Waals surface area contributed by atoms with Gasteiger partial charge in [0.1, 0.15) is 18.1 Å². The Morgan fingerprint density at radius 1 is 1.17 bits per heavy atom. The molecule has 30 heavy (non-hydrogen) atoms. The third kappa shape index (κ3) is 3.83. The average Bonchev–Trinajstić information content (AvgIpc) is 2.94. The lowest BCUT2D eigenvalue weighted by Crippen LogP contribution is -2.33. The van der Waals surface area contributed by atoms with Crippen LogP contribution in [0.5, 0.6) is 0 Å². The van der Waals surface area contributed by atoms with Crippen LogP contribution in [-0.4, -0.2) is 48.1 Å². The van der Waals surface area contributed by atoms with Gasteiger partial charge in [0.2, 0.25) is 0 Å². The number of anilines is 1. The summed E-state index contributed by atoms with van der Waals surface area (Å²) in [5, 5.41) is 7.39. The van der Waals surface area contributed by atoms with Gasteiger partial charge in [-0.15, -0.1) is 0 Å². The maximum atomic E-state index is 12.6. The SMILES string of the molecule is N=C(N)c1cc(CN2CC(=O)N(c3ccc(S(=O)(=O)C(F)(F)F)cc3)C2=O)ccn1. The van der Waals surface area contributed by atoms with Crippen molar-refractivity contribution in [1.82, 2.24) is 9.88 Å². The predicted octanol–water partition coefficient (Wildman–Crippen LogP) is 1.63. The van der Waals surface area contributed by atoms with E-state index in [-0.39, 0.29) is 30.3 Å². The number of imide groups is 1. The first-order chi connectivity index (χ1) is 13.9. The number of hydrogen-bond donors (Lipinski definition) is 2. The lowest BCUT2D eigenvalue weighted by molar-refractivity contribution is -0.116. The smallest absolute Gasteiger partial charge is 0.382 e. The van der Waals surface area contributed by atoms with E-state index in [4.69, 9.17) is 11.1 Å². The Hall–Kier alpha value is -3.48. The molecule has 2 aromatic rings. The molecular formula is C17H14F3N5O4S. The van der Waals surface area contributed by atoms with Crippen molar-refractivity contribution in [3.05, 3.63) is 53.9 Å². The fourth-order valence-electron chi connectivity index (χ4n) is 2.78. The molecule has 0 unspecified atom stereocenters. The first-order valence-corrected chi connectivity index (χ1v) is 9.73. The summed E-state index contributed by atoms with van der Waals surface area (Å²) >= 11 is 0. The molecule has 2 heterocycles. The monoisotopic (exact) mass is 441 g/mol. The molecule has 0 spiro atoms. The number of amidine groups is 1. The van der Waals surface area contributed by atoms with Gasteiger partial charge in [0, 0.05) is 12.7 Å². The summed E-state index contributed by atoms with van der Waals surface area (Å²) in [7, 11) is -5.54. The number of halogens is 3. The van der Waals surface area contributed by atoms with E-state index < -0.39 is 32.2 Å². The van der Waals surface area contributed by atoms with Gasteiger partial charge < -0.3 is 10.6 Å². The molecule has 13 heteroatoms. The Kier molecular flexibility index (Phi) is 5.24. The second kappa shape index (κ2) is 7.40. The van der Waals surface area contributed by atoms with Gasteiger partial charge in [0.15, 0.2) is 0 Å². The van der Waals surface area contributed by atoms with Crippen molar-refractivity contribution >= 4 is 33.3 Å². The summed E-state index contributed by atoms with van der Waals surface area (Å²) in [5.74, 6) is -0.900.